The van der Waals surface area contributed by atoms with Crippen molar-refractivity contribution in [2.45, 2.75) is 51.7 Å². The summed E-state index contributed by atoms with van der Waals surface area (Å²) in [6.45, 7) is 8.73. The Balaban J connectivity index is 1.46. The largest absolute Gasteiger partial charge is 0.506 e. The van der Waals surface area contributed by atoms with Crippen LogP contribution in [-0.2, 0) is 58.8 Å². The Morgan fingerprint density at radius 2 is 1.47 bits per heavy atom. The number of nitrogens with two attached hydrogens (primary N) is 1. The number of hydrogen-bond acceptors (Lipinski definition) is 17. The molecule has 3 rings (SSSR count). The van der Waals surface area contributed by atoms with Gasteiger partial charge in [0.1, 0.15) is 17.0 Å². The number of aromatic hydroxyl groups is 1. The predicted molar refractivity (Wildman–Crippen MR) is 207 cm³/mol. The number of carbonyl (C=O) groups is 5. The maximum atomic E-state index is 13.3. The van der Waals surface area contributed by atoms with Crippen molar-refractivity contribution in [1.82, 2.24) is 10.4 Å². The molecule has 0 aliphatic carbocycles. The summed E-state index contributed by atoms with van der Waals surface area (Å²) >= 11 is 0. The summed E-state index contributed by atoms with van der Waals surface area (Å²) in [5.74, 6) is -4.98. The second-order valence-corrected chi connectivity index (χ2v) is 13.8. The number of rotatable bonds is 28. The van der Waals surface area contributed by atoms with Gasteiger partial charge in [0, 0.05) is 19.5 Å². The number of phenols is 1. The van der Waals surface area contributed by atoms with Crippen molar-refractivity contribution in [3.05, 3.63) is 53.6 Å². The molecule has 2 unspecified atom stereocenters. The lowest BCUT2D eigenvalue weighted by Crippen LogP contribution is -2.38. The quantitative estimate of drug-likeness (QED) is 0.0545. The summed E-state index contributed by atoms with van der Waals surface area (Å²) in [5.41, 5.74) is 5.97. The fraction of sp³-hybridized carbons (Fsp3) is 0.564. The topological polar surface area (TPSA) is 266 Å². The van der Waals surface area contributed by atoms with Crippen molar-refractivity contribution < 1.29 is 72.2 Å². The van der Waals surface area contributed by atoms with Gasteiger partial charge in [-0.25, -0.2) is 9.59 Å². The Labute approximate surface area is 342 Å². The zero-order valence-corrected chi connectivity index (χ0v) is 33.6. The van der Waals surface area contributed by atoms with Crippen molar-refractivity contribution in [1.29, 1.82) is 0 Å². The lowest BCUT2D eigenvalue weighted by molar-refractivity contribution is -0.175. The first kappa shape index (κ1) is 48.3. The molecule has 1 aliphatic rings. The lowest BCUT2D eigenvalue weighted by atomic mass is 10.0. The van der Waals surface area contributed by atoms with Gasteiger partial charge in [-0.3, -0.25) is 14.4 Å². The number of carboxylic acid groups (broad SMARTS) is 1. The van der Waals surface area contributed by atoms with Gasteiger partial charge in [-0.05, 0) is 69.2 Å². The molecule has 3 amide bonds. The average molecular weight is 834 g/mol. The summed E-state index contributed by atoms with van der Waals surface area (Å²) in [5, 5.41) is 30.6. The summed E-state index contributed by atoms with van der Waals surface area (Å²) in [4.78, 5) is 67.3. The van der Waals surface area contributed by atoms with Crippen molar-refractivity contribution >= 4 is 41.2 Å². The molecule has 326 valence electrons. The molecule has 1 aliphatic heterocycles. The minimum atomic E-state index is -1.12. The van der Waals surface area contributed by atoms with Crippen LogP contribution in [0.5, 0.6) is 5.75 Å². The van der Waals surface area contributed by atoms with Gasteiger partial charge < -0.3 is 59.3 Å². The van der Waals surface area contributed by atoms with E-state index >= 15 is 0 Å². The molecule has 0 bridgehead atoms. The number of nitrogens with zero attached hydrogens (tertiary/aromatic N) is 3. The molecule has 1 fully saturated rings. The molecule has 0 aromatic heterocycles. The third-order valence-corrected chi connectivity index (χ3v) is 7.94. The number of azo groups is 1. The molecule has 2 atom stereocenters. The number of imide groups is 1. The highest BCUT2D eigenvalue weighted by molar-refractivity contribution is 6.04. The monoisotopic (exact) mass is 833 g/mol. The van der Waals surface area contributed by atoms with E-state index < -0.39 is 47.5 Å². The Kier molecular flexibility index (Phi) is 21.4. The van der Waals surface area contributed by atoms with Crippen LogP contribution in [0.15, 0.2) is 52.7 Å². The second-order valence-electron chi connectivity index (χ2n) is 13.8. The van der Waals surface area contributed by atoms with Gasteiger partial charge in [0.15, 0.2) is 0 Å². The lowest BCUT2D eigenvalue weighted by Gasteiger charge is -2.22. The van der Waals surface area contributed by atoms with Gasteiger partial charge in [-0.15, -0.1) is 10.2 Å². The van der Waals surface area contributed by atoms with E-state index in [2.05, 4.69) is 15.5 Å². The van der Waals surface area contributed by atoms with E-state index in [-0.39, 0.29) is 56.3 Å². The van der Waals surface area contributed by atoms with E-state index in [4.69, 9.17) is 48.8 Å². The molecule has 2 aromatic rings. The van der Waals surface area contributed by atoms with E-state index in [1.807, 2.05) is 0 Å². The molecule has 0 radical (unpaired) electrons. The number of amides is 3. The number of ether oxygens (including phenoxy) is 7. The van der Waals surface area contributed by atoms with Crippen LogP contribution in [0.2, 0.25) is 0 Å². The van der Waals surface area contributed by atoms with E-state index in [0.717, 1.165) is 5.56 Å². The minimum absolute atomic E-state index is 0.00388. The van der Waals surface area contributed by atoms with Gasteiger partial charge in [0.05, 0.1) is 102 Å². The van der Waals surface area contributed by atoms with E-state index in [9.17, 15) is 29.1 Å². The van der Waals surface area contributed by atoms with Crippen molar-refractivity contribution in [2.24, 2.45) is 21.9 Å². The number of carbonyl (C=O) groups excluding carboxylic acids is 4. The number of hydroxylamine groups is 2. The third-order valence-electron chi connectivity index (χ3n) is 7.94. The molecule has 1 saturated heterocycles. The number of hydrogen-bond donors (Lipinski definition) is 4. The van der Waals surface area contributed by atoms with Crippen molar-refractivity contribution in [3.8, 4) is 5.75 Å². The van der Waals surface area contributed by atoms with Crippen LogP contribution in [0, 0.1) is 5.92 Å². The van der Waals surface area contributed by atoms with Crippen LogP contribution in [-0.4, -0.2) is 143 Å². The highest BCUT2D eigenvalue weighted by Crippen LogP contribution is 2.30. The molecule has 20 nitrogen and oxygen atoms in total. The van der Waals surface area contributed by atoms with Gasteiger partial charge >= 0.3 is 18.0 Å². The summed E-state index contributed by atoms with van der Waals surface area (Å²) in [6.07, 6.45) is -1.83. The molecule has 1 heterocycles. The van der Waals surface area contributed by atoms with E-state index in [1.54, 1.807) is 32.9 Å². The number of carboxylic acids is 1. The Bertz CT molecular complexity index is 1670. The molecule has 2 aromatic carbocycles. The van der Waals surface area contributed by atoms with Crippen LogP contribution in [0.25, 0.3) is 0 Å². The predicted octanol–water partition coefficient (Wildman–Crippen LogP) is 3.22. The molecule has 0 saturated carbocycles. The smallest absolute Gasteiger partial charge is 0.407 e. The summed E-state index contributed by atoms with van der Waals surface area (Å²) in [7, 11) is 0. The van der Waals surface area contributed by atoms with Gasteiger partial charge in [-0.2, -0.15) is 5.11 Å². The van der Waals surface area contributed by atoms with Crippen LogP contribution in [0.1, 0.15) is 49.5 Å². The summed E-state index contributed by atoms with van der Waals surface area (Å²) < 4.78 is 38.0. The van der Waals surface area contributed by atoms with Crippen LogP contribution in [0.3, 0.4) is 0 Å². The fourth-order valence-electron chi connectivity index (χ4n) is 5.10. The first-order valence-electron chi connectivity index (χ1n) is 19.1. The van der Waals surface area contributed by atoms with E-state index in [1.165, 1.54) is 30.3 Å². The molecule has 5 N–H and O–H groups in total. The normalized spacial score (nSPS) is 14.8. The summed E-state index contributed by atoms with van der Waals surface area (Å²) in [6, 6.07) is 10.4. The first-order valence-corrected chi connectivity index (χ1v) is 19.1. The number of phenolic OH excluding ortho intramolecular Hbond substituents is 1. The number of nitrogens with one attached hydrogen (secondary N) is 1. The third kappa shape index (κ3) is 19.0. The molecular formula is C39H55N5O15. The first-order chi connectivity index (χ1) is 28.3. The molecule has 20 heteroatoms. The Hall–Kier alpha value is -5.09. The standard InChI is InChI=1S/C39H55N5O15/c1-39(2,3)58-38(51)41-13-10-27-4-9-32(45)31(24-27)43-42-29-7-5-28(6-8-29)37(50)59-44-34(46)25-30(36(44)49)33(57-14-11-35(47)48)26-56-23-22-55-21-20-54-19-18-53-17-16-52-15-12-40/h4-9,24,30,33,45H,10-23,25-26,40H2,1-3H3,(H,41,51)(H,47,48)/b43-42+. The maximum Gasteiger partial charge on any atom is 0.407 e. The van der Waals surface area contributed by atoms with Crippen molar-refractivity contribution in [3.63, 3.8) is 0 Å². The SMILES string of the molecule is CC(C)(C)OC(=O)NCCc1ccc(O)c(/N=N/c2ccc(C(=O)ON3C(=O)CC(C(COCCOCCOCCOCCOCCN)OCCC(=O)O)C3=O)cc2)c1. The second kappa shape index (κ2) is 26.1. The zero-order valence-electron chi connectivity index (χ0n) is 33.6. The number of alkyl carbamates (subject to hydrolysis) is 1. The van der Waals surface area contributed by atoms with E-state index in [0.29, 0.717) is 76.5 Å². The number of aliphatic carboxylic acids is 1. The van der Waals surface area contributed by atoms with Crippen molar-refractivity contribution in [2.75, 3.05) is 85.8 Å². The molecule has 59 heavy (non-hydrogen) atoms. The Morgan fingerprint density at radius 1 is 0.864 bits per heavy atom. The highest BCUT2D eigenvalue weighted by Gasteiger charge is 2.46. The minimum Gasteiger partial charge on any atom is -0.506 e. The van der Waals surface area contributed by atoms with Gasteiger partial charge in [0.2, 0.25) is 0 Å². The Morgan fingerprint density at radius 3 is 2.07 bits per heavy atom. The fourth-order valence-corrected chi connectivity index (χ4v) is 5.10. The molecular weight excluding hydrogens is 778 g/mol. The highest BCUT2D eigenvalue weighted by atomic mass is 16.7. The average Bonchev–Trinajstić information content (AvgIpc) is 3.46. The zero-order chi connectivity index (χ0) is 43.0. The van der Waals surface area contributed by atoms with Crippen LogP contribution in [0.4, 0.5) is 16.2 Å². The molecule has 0 spiro atoms. The number of benzene rings is 2. The van der Waals surface area contributed by atoms with Crippen LogP contribution < -0.4 is 11.1 Å². The maximum absolute atomic E-state index is 13.3. The van der Waals surface area contributed by atoms with Crippen LogP contribution >= 0.6 is 0 Å². The van der Waals surface area contributed by atoms with Gasteiger partial charge in [-0.1, -0.05) is 6.07 Å². The van der Waals surface area contributed by atoms with Gasteiger partial charge in [0.25, 0.3) is 11.8 Å².